The fraction of sp³-hybridized carbons (Fsp3) is 0.700. The van der Waals surface area contributed by atoms with E-state index < -0.39 is 0 Å². The van der Waals surface area contributed by atoms with Crippen molar-refractivity contribution in [3.8, 4) is 0 Å². The second kappa shape index (κ2) is 4.74. The summed E-state index contributed by atoms with van der Waals surface area (Å²) in [6, 6.07) is 0. The number of carbonyl (C=O) groups is 1. The second-order valence-electron chi connectivity index (χ2n) is 3.56. The molecule has 2 aliphatic rings. The van der Waals surface area contributed by atoms with E-state index in [2.05, 4.69) is 11.3 Å². The fourth-order valence-corrected chi connectivity index (χ4v) is 1.27. The lowest BCUT2D eigenvalue weighted by atomic mass is 10.2. The van der Waals surface area contributed by atoms with Crippen LogP contribution in [0.15, 0.2) is 12.8 Å². The van der Waals surface area contributed by atoms with E-state index in [0.717, 1.165) is 12.9 Å². The normalized spacial score (nSPS) is 29.3. The largest absolute Gasteiger partial charge is 0.435 e. The van der Waals surface area contributed by atoms with Crippen LogP contribution in [0.2, 0.25) is 0 Å². The van der Waals surface area contributed by atoms with Crippen LogP contribution < -0.4 is 0 Å². The molecule has 2 saturated heterocycles. The average molecular weight is 214 g/mol. The zero-order valence-corrected chi connectivity index (χ0v) is 8.39. The third-order valence-electron chi connectivity index (χ3n) is 2.25. The SMILES string of the molecule is C=COC(=O)CC(OCC1CO1)C1CO1. The fourth-order valence-electron chi connectivity index (χ4n) is 1.27. The molecule has 0 spiro atoms. The van der Waals surface area contributed by atoms with Crippen LogP contribution in [0, 0.1) is 0 Å². The summed E-state index contributed by atoms with van der Waals surface area (Å²) in [5.74, 6) is -0.345. The Labute approximate surface area is 87.9 Å². The Morgan fingerprint density at radius 3 is 2.80 bits per heavy atom. The van der Waals surface area contributed by atoms with Crippen LogP contribution >= 0.6 is 0 Å². The molecule has 2 fully saturated rings. The summed E-state index contributed by atoms with van der Waals surface area (Å²) in [5, 5.41) is 0. The van der Waals surface area contributed by atoms with Gasteiger partial charge in [0.15, 0.2) is 0 Å². The summed E-state index contributed by atoms with van der Waals surface area (Å²) in [4.78, 5) is 11.2. The van der Waals surface area contributed by atoms with E-state index in [0.29, 0.717) is 13.2 Å². The number of hydrogen-bond donors (Lipinski definition) is 0. The summed E-state index contributed by atoms with van der Waals surface area (Å²) < 4.78 is 20.3. The maximum absolute atomic E-state index is 11.2. The standard InChI is InChI=1S/C10H14O5/c1-2-12-10(11)3-8(9-6-15-9)14-5-7-4-13-7/h2,7-9H,1,3-6H2. The Kier molecular flexibility index (Phi) is 3.35. The molecule has 0 N–H and O–H groups in total. The van der Waals surface area contributed by atoms with Crippen LogP contribution in [0.3, 0.4) is 0 Å². The number of esters is 1. The van der Waals surface area contributed by atoms with Gasteiger partial charge in [-0.15, -0.1) is 0 Å². The molecule has 5 nitrogen and oxygen atoms in total. The monoisotopic (exact) mass is 214 g/mol. The molecule has 0 aliphatic carbocycles. The van der Waals surface area contributed by atoms with E-state index in [1.165, 1.54) is 0 Å². The van der Waals surface area contributed by atoms with Crippen molar-refractivity contribution in [2.75, 3.05) is 19.8 Å². The van der Waals surface area contributed by atoms with Gasteiger partial charge in [0.25, 0.3) is 0 Å². The lowest BCUT2D eigenvalue weighted by molar-refractivity contribution is -0.141. The van der Waals surface area contributed by atoms with Crippen LogP contribution in [0.25, 0.3) is 0 Å². The van der Waals surface area contributed by atoms with Gasteiger partial charge in [0.2, 0.25) is 0 Å². The molecule has 3 unspecified atom stereocenters. The zero-order valence-electron chi connectivity index (χ0n) is 8.39. The number of rotatable bonds is 7. The van der Waals surface area contributed by atoms with Crippen molar-refractivity contribution >= 4 is 5.97 Å². The molecular formula is C10H14O5. The van der Waals surface area contributed by atoms with Crippen molar-refractivity contribution in [3.05, 3.63) is 12.8 Å². The van der Waals surface area contributed by atoms with Gasteiger partial charge in [-0.25, -0.2) is 0 Å². The number of carbonyl (C=O) groups excluding carboxylic acids is 1. The molecular weight excluding hydrogens is 200 g/mol. The number of ether oxygens (including phenoxy) is 4. The maximum Gasteiger partial charge on any atom is 0.313 e. The lowest BCUT2D eigenvalue weighted by Crippen LogP contribution is -2.26. The maximum atomic E-state index is 11.2. The summed E-state index contributed by atoms with van der Waals surface area (Å²) >= 11 is 0. The molecule has 0 aromatic rings. The van der Waals surface area contributed by atoms with E-state index in [9.17, 15) is 4.79 Å². The zero-order chi connectivity index (χ0) is 10.7. The predicted molar refractivity (Wildman–Crippen MR) is 50.1 cm³/mol. The van der Waals surface area contributed by atoms with Crippen molar-refractivity contribution in [2.45, 2.75) is 24.7 Å². The van der Waals surface area contributed by atoms with Crippen LogP contribution in [-0.2, 0) is 23.7 Å². The third kappa shape index (κ3) is 3.62. The molecule has 15 heavy (non-hydrogen) atoms. The van der Waals surface area contributed by atoms with Crippen LogP contribution in [0.1, 0.15) is 6.42 Å². The molecule has 5 heteroatoms. The highest BCUT2D eigenvalue weighted by Crippen LogP contribution is 2.22. The van der Waals surface area contributed by atoms with Gasteiger partial charge in [0.1, 0.15) is 12.2 Å². The van der Waals surface area contributed by atoms with E-state index >= 15 is 0 Å². The molecule has 0 amide bonds. The molecule has 2 rings (SSSR count). The predicted octanol–water partition coefficient (Wildman–Crippen LogP) is 0.246. The first-order chi connectivity index (χ1) is 7.29. The Bertz CT molecular complexity index is 244. The van der Waals surface area contributed by atoms with Gasteiger partial charge in [-0.1, -0.05) is 6.58 Å². The minimum Gasteiger partial charge on any atom is -0.435 e. The smallest absolute Gasteiger partial charge is 0.313 e. The summed E-state index contributed by atoms with van der Waals surface area (Å²) in [5.41, 5.74) is 0. The first kappa shape index (κ1) is 10.6. The molecule has 84 valence electrons. The van der Waals surface area contributed by atoms with Crippen LogP contribution in [0.4, 0.5) is 0 Å². The quantitative estimate of drug-likeness (QED) is 0.345. The van der Waals surface area contributed by atoms with Gasteiger partial charge in [-0.05, 0) is 0 Å². The highest BCUT2D eigenvalue weighted by molar-refractivity contribution is 5.70. The molecule has 2 heterocycles. The first-order valence-electron chi connectivity index (χ1n) is 4.95. The third-order valence-corrected chi connectivity index (χ3v) is 2.25. The average Bonchev–Trinajstić information content (AvgIpc) is 3.02. The molecule has 3 atom stereocenters. The van der Waals surface area contributed by atoms with E-state index in [1.807, 2.05) is 0 Å². The van der Waals surface area contributed by atoms with Crippen molar-refractivity contribution < 1.29 is 23.7 Å². The highest BCUT2D eigenvalue weighted by Gasteiger charge is 2.37. The summed E-state index contributed by atoms with van der Waals surface area (Å²) in [6.07, 6.45) is 1.32. The minimum atomic E-state index is -0.345. The van der Waals surface area contributed by atoms with Gasteiger partial charge >= 0.3 is 5.97 Å². The molecule has 0 aromatic carbocycles. The highest BCUT2D eigenvalue weighted by atomic mass is 16.6. The topological polar surface area (TPSA) is 60.6 Å². The van der Waals surface area contributed by atoms with E-state index in [4.69, 9.17) is 14.2 Å². The molecule has 0 bridgehead atoms. The molecule has 0 radical (unpaired) electrons. The summed E-state index contributed by atoms with van der Waals surface area (Å²) in [6.45, 7) is 5.23. The van der Waals surface area contributed by atoms with Gasteiger partial charge in [0.05, 0.1) is 38.6 Å². The molecule has 0 aromatic heterocycles. The van der Waals surface area contributed by atoms with Crippen LogP contribution in [0.5, 0.6) is 0 Å². The van der Waals surface area contributed by atoms with Crippen molar-refractivity contribution in [3.63, 3.8) is 0 Å². The lowest BCUT2D eigenvalue weighted by Gasteiger charge is -2.13. The first-order valence-corrected chi connectivity index (χ1v) is 4.95. The van der Waals surface area contributed by atoms with Crippen LogP contribution in [-0.4, -0.2) is 44.1 Å². The Hall–Kier alpha value is -0.910. The molecule has 0 saturated carbocycles. The number of hydrogen-bond acceptors (Lipinski definition) is 5. The Morgan fingerprint density at radius 1 is 1.53 bits per heavy atom. The van der Waals surface area contributed by atoms with Gasteiger partial charge in [0, 0.05) is 0 Å². The van der Waals surface area contributed by atoms with Gasteiger partial charge < -0.3 is 18.9 Å². The Balaban J connectivity index is 1.71. The number of epoxide rings is 2. The van der Waals surface area contributed by atoms with E-state index in [-0.39, 0.29) is 30.7 Å². The van der Waals surface area contributed by atoms with Crippen molar-refractivity contribution in [1.29, 1.82) is 0 Å². The second-order valence-corrected chi connectivity index (χ2v) is 3.56. The minimum absolute atomic E-state index is 0.0288. The van der Waals surface area contributed by atoms with Crippen molar-refractivity contribution in [1.82, 2.24) is 0 Å². The van der Waals surface area contributed by atoms with Gasteiger partial charge in [-0.3, -0.25) is 4.79 Å². The Morgan fingerprint density at radius 2 is 2.27 bits per heavy atom. The summed E-state index contributed by atoms with van der Waals surface area (Å²) in [7, 11) is 0. The van der Waals surface area contributed by atoms with Gasteiger partial charge in [-0.2, -0.15) is 0 Å². The van der Waals surface area contributed by atoms with E-state index in [1.54, 1.807) is 0 Å². The molecule has 2 aliphatic heterocycles. The van der Waals surface area contributed by atoms with Crippen molar-refractivity contribution in [2.24, 2.45) is 0 Å².